The smallest absolute Gasteiger partial charge is 0.247 e. The summed E-state index contributed by atoms with van der Waals surface area (Å²) < 4.78 is 0. The van der Waals surface area contributed by atoms with Crippen LogP contribution in [0, 0.1) is 0 Å². The topological polar surface area (TPSA) is 93.7 Å². The molecule has 1 heterocycles. The van der Waals surface area contributed by atoms with E-state index in [1.54, 1.807) is 13.1 Å². The van der Waals surface area contributed by atoms with Gasteiger partial charge in [-0.2, -0.15) is 0 Å². The molecule has 0 saturated carbocycles. The van der Waals surface area contributed by atoms with Crippen molar-refractivity contribution in [3.05, 3.63) is 84.6 Å². The van der Waals surface area contributed by atoms with Gasteiger partial charge in [0.05, 0.1) is 5.56 Å². The van der Waals surface area contributed by atoms with Crippen molar-refractivity contribution >= 4 is 41.7 Å². The molecule has 0 fully saturated rings. The number of hydrogen-bond donors (Lipinski definition) is 4. The number of rotatable bonds is 8. The molecular weight excluding hydrogens is 424 g/mol. The van der Waals surface area contributed by atoms with E-state index >= 15 is 0 Å². The normalized spacial score (nSPS) is 10.8. The predicted molar refractivity (Wildman–Crippen MR) is 146 cm³/mol. The maximum absolute atomic E-state index is 11.6. The van der Waals surface area contributed by atoms with Gasteiger partial charge in [0.25, 0.3) is 0 Å². The largest absolute Gasteiger partial charge is 0.394 e. The van der Waals surface area contributed by atoms with Gasteiger partial charge in [-0.3, -0.25) is 9.79 Å². The highest BCUT2D eigenvalue weighted by Crippen LogP contribution is 2.29. The van der Waals surface area contributed by atoms with Crippen molar-refractivity contribution in [2.75, 3.05) is 24.7 Å². The Morgan fingerprint density at radius 3 is 2.38 bits per heavy atom. The van der Waals surface area contributed by atoms with Gasteiger partial charge in [-0.15, -0.1) is 0 Å². The number of H-pyrrole nitrogens is 1. The highest BCUT2D eigenvalue weighted by Gasteiger charge is 2.15. The maximum atomic E-state index is 11.6. The number of benzene rings is 2. The summed E-state index contributed by atoms with van der Waals surface area (Å²) >= 11 is 0. The molecular formula is C27H32N6O. The molecule has 0 aliphatic heterocycles. The number of carbonyl (C=O) groups is 1. The Morgan fingerprint density at radius 2 is 1.74 bits per heavy atom. The number of hydrogen-bond acceptors (Lipinski definition) is 4. The van der Waals surface area contributed by atoms with Gasteiger partial charge in [0, 0.05) is 31.2 Å². The molecule has 3 rings (SSSR count). The standard InChI is InChI=1S/C25H26N6O.C2H6/c1-5-23(32)29-19-10-7-11-20(15-19)30-24(27-3)21-16-22(31-25(21)28-4)18-9-6-8-17(14-18)12-13-26-2;1-2/h5-16,26,31H,1,4H2,2-3H3,(H,27,30)(H,29,32);1-2H3/b13-12-;. The molecule has 4 N–H and O–H groups in total. The highest BCUT2D eigenvalue weighted by atomic mass is 16.1. The van der Waals surface area contributed by atoms with Crippen LogP contribution in [0.2, 0.25) is 0 Å². The first-order valence-corrected chi connectivity index (χ1v) is 11.0. The molecule has 0 aliphatic rings. The van der Waals surface area contributed by atoms with Gasteiger partial charge in [0.15, 0.2) is 0 Å². The molecule has 1 aromatic heterocycles. The fourth-order valence-electron chi connectivity index (χ4n) is 3.14. The third-order valence-electron chi connectivity index (χ3n) is 4.65. The molecule has 3 aromatic rings. The van der Waals surface area contributed by atoms with Crippen LogP contribution >= 0.6 is 0 Å². The van der Waals surface area contributed by atoms with Crippen molar-refractivity contribution < 1.29 is 4.79 Å². The van der Waals surface area contributed by atoms with Crippen LogP contribution in [-0.2, 0) is 4.79 Å². The molecule has 0 aliphatic carbocycles. The number of amides is 1. The Hall–Kier alpha value is -4.39. The molecule has 7 heteroatoms. The van der Waals surface area contributed by atoms with Crippen LogP contribution in [0.3, 0.4) is 0 Å². The number of nitrogens with one attached hydrogen (secondary N) is 4. The van der Waals surface area contributed by atoms with E-state index in [0.29, 0.717) is 17.3 Å². The Bertz CT molecular complexity index is 1190. The van der Waals surface area contributed by atoms with Crippen molar-refractivity contribution in [3.63, 3.8) is 0 Å². The lowest BCUT2D eigenvalue weighted by Crippen LogP contribution is -2.13. The first-order valence-electron chi connectivity index (χ1n) is 11.0. The second-order valence-corrected chi connectivity index (χ2v) is 6.82. The SMILES string of the molecule is C=CC(=O)Nc1cccc(NC(=NC)c2cc(-c3cccc(/C=C\NC)c3)[nH]c2N=C)c1.CC. The highest BCUT2D eigenvalue weighted by molar-refractivity contribution is 6.12. The van der Waals surface area contributed by atoms with E-state index in [1.165, 1.54) is 6.08 Å². The zero-order chi connectivity index (χ0) is 24.9. The molecule has 0 saturated heterocycles. The van der Waals surface area contributed by atoms with Crippen LogP contribution in [0.4, 0.5) is 17.2 Å². The molecule has 0 bridgehead atoms. The number of aromatic amines is 1. The molecule has 7 nitrogen and oxygen atoms in total. The molecule has 0 atom stereocenters. The van der Waals surface area contributed by atoms with Gasteiger partial charge in [-0.1, -0.05) is 44.7 Å². The minimum Gasteiger partial charge on any atom is -0.394 e. The van der Waals surface area contributed by atoms with Crippen LogP contribution in [-0.4, -0.2) is 37.5 Å². The van der Waals surface area contributed by atoms with Gasteiger partial charge >= 0.3 is 0 Å². The van der Waals surface area contributed by atoms with Crippen LogP contribution in [0.5, 0.6) is 0 Å². The van der Waals surface area contributed by atoms with E-state index in [1.807, 2.05) is 75.6 Å². The zero-order valence-electron chi connectivity index (χ0n) is 20.1. The average molecular weight is 457 g/mol. The summed E-state index contributed by atoms with van der Waals surface area (Å²) in [5.41, 5.74) is 5.19. The van der Waals surface area contributed by atoms with Crippen molar-refractivity contribution in [1.29, 1.82) is 0 Å². The number of carbonyl (C=O) groups excluding carboxylic acids is 1. The number of amidine groups is 1. The van der Waals surface area contributed by atoms with E-state index in [0.717, 1.165) is 28.1 Å². The van der Waals surface area contributed by atoms with Gasteiger partial charge in [-0.25, -0.2) is 4.99 Å². The number of anilines is 2. The summed E-state index contributed by atoms with van der Waals surface area (Å²) in [5, 5.41) is 9.05. The maximum Gasteiger partial charge on any atom is 0.247 e. The van der Waals surface area contributed by atoms with E-state index in [4.69, 9.17) is 0 Å². The van der Waals surface area contributed by atoms with Gasteiger partial charge in [0.2, 0.25) is 5.91 Å². The lowest BCUT2D eigenvalue weighted by atomic mass is 10.1. The summed E-state index contributed by atoms with van der Waals surface area (Å²) in [5.74, 6) is 0.959. The molecule has 0 spiro atoms. The van der Waals surface area contributed by atoms with Crippen molar-refractivity contribution in [2.24, 2.45) is 9.98 Å². The Morgan fingerprint density at radius 1 is 1.03 bits per heavy atom. The Kier molecular flexibility index (Phi) is 10.1. The molecule has 34 heavy (non-hydrogen) atoms. The molecule has 1 amide bonds. The summed E-state index contributed by atoms with van der Waals surface area (Å²) in [6.07, 6.45) is 5.11. The number of nitrogens with zero attached hydrogens (tertiary/aromatic N) is 2. The Labute approximate surface area is 201 Å². The van der Waals surface area contributed by atoms with Crippen molar-refractivity contribution in [1.82, 2.24) is 10.3 Å². The van der Waals surface area contributed by atoms with Crippen LogP contribution < -0.4 is 16.0 Å². The molecule has 2 aromatic carbocycles. The number of aromatic nitrogens is 1. The van der Waals surface area contributed by atoms with Crippen molar-refractivity contribution in [3.8, 4) is 11.3 Å². The third kappa shape index (κ3) is 6.80. The fourth-order valence-corrected chi connectivity index (χ4v) is 3.14. The van der Waals surface area contributed by atoms with Gasteiger partial charge in [-0.05, 0) is 66.5 Å². The summed E-state index contributed by atoms with van der Waals surface area (Å²) in [6, 6.07) is 17.5. The zero-order valence-corrected chi connectivity index (χ0v) is 20.1. The average Bonchev–Trinajstić information content (AvgIpc) is 3.32. The quantitative estimate of drug-likeness (QED) is 0.195. The molecule has 176 valence electrons. The van der Waals surface area contributed by atoms with Crippen molar-refractivity contribution in [2.45, 2.75) is 13.8 Å². The predicted octanol–water partition coefficient (Wildman–Crippen LogP) is 5.84. The van der Waals surface area contributed by atoms with Gasteiger partial charge in [0.1, 0.15) is 11.7 Å². The Balaban J connectivity index is 0.00000199. The van der Waals surface area contributed by atoms with Gasteiger partial charge < -0.3 is 20.9 Å². The van der Waals surface area contributed by atoms with E-state index in [-0.39, 0.29) is 5.91 Å². The fraction of sp³-hybridized carbons (Fsp3) is 0.148. The van der Waals surface area contributed by atoms with Crippen LogP contribution in [0.15, 0.2) is 83.4 Å². The van der Waals surface area contributed by atoms with E-state index < -0.39 is 0 Å². The summed E-state index contributed by atoms with van der Waals surface area (Å²) in [4.78, 5) is 23.5. The lowest BCUT2D eigenvalue weighted by molar-refractivity contribution is -0.111. The van der Waals surface area contributed by atoms with E-state index in [2.05, 4.69) is 50.3 Å². The van der Waals surface area contributed by atoms with Crippen LogP contribution in [0.25, 0.3) is 17.3 Å². The van der Waals surface area contributed by atoms with Crippen LogP contribution in [0.1, 0.15) is 25.0 Å². The first-order chi connectivity index (χ1) is 16.6. The third-order valence-corrected chi connectivity index (χ3v) is 4.65. The molecule has 0 radical (unpaired) electrons. The minimum absolute atomic E-state index is 0.272. The summed E-state index contributed by atoms with van der Waals surface area (Å²) in [6.45, 7) is 11.2. The lowest BCUT2D eigenvalue weighted by Gasteiger charge is -2.11. The minimum atomic E-state index is -0.272. The summed E-state index contributed by atoms with van der Waals surface area (Å²) in [7, 11) is 3.57. The first kappa shape index (κ1) is 25.9. The second-order valence-electron chi connectivity index (χ2n) is 6.82. The second kappa shape index (κ2) is 13.2. The number of aliphatic imine (C=N–C) groups is 2. The van der Waals surface area contributed by atoms with E-state index in [9.17, 15) is 4.79 Å². The monoisotopic (exact) mass is 456 g/mol. The molecule has 0 unspecified atom stereocenters.